The minimum atomic E-state index is -4.78. The second-order valence-electron chi connectivity index (χ2n) is 14.7. The number of rotatable bonds is 16. The second kappa shape index (κ2) is 21.7. The van der Waals surface area contributed by atoms with Gasteiger partial charge in [-0.25, -0.2) is 18.4 Å². The number of hydrogen-bond acceptors (Lipinski definition) is 9. The lowest BCUT2D eigenvalue weighted by Crippen LogP contribution is -2.48. The Hall–Kier alpha value is -6.21. The highest BCUT2D eigenvalue weighted by Crippen LogP contribution is 2.28. The average Bonchev–Trinajstić information content (AvgIpc) is 3.26. The zero-order valence-corrected chi connectivity index (χ0v) is 34.0. The molecule has 0 unspecified atom stereocenters. The van der Waals surface area contributed by atoms with E-state index < -0.39 is 42.1 Å². The van der Waals surface area contributed by atoms with E-state index >= 15 is 0 Å². The Balaban J connectivity index is 0.000000667. The van der Waals surface area contributed by atoms with Crippen LogP contribution in [0.25, 0.3) is 22.0 Å². The molecular weight excluding hydrogens is 837 g/mol. The van der Waals surface area contributed by atoms with E-state index in [1.165, 1.54) is 30.3 Å². The van der Waals surface area contributed by atoms with Crippen LogP contribution >= 0.6 is 0 Å². The lowest BCUT2D eigenvalue weighted by atomic mass is 10.0. The number of aliphatic hydroxyl groups excluding tert-OH is 2. The number of aliphatic carboxylic acids is 2. The smallest absolute Gasteiger partial charge is 0.479 e. The van der Waals surface area contributed by atoms with E-state index in [1.54, 1.807) is 43.5 Å². The number of pyridine rings is 1. The fraction of sp³-hybridized carbons (Fsp3) is 0.333. The van der Waals surface area contributed by atoms with E-state index in [0.717, 1.165) is 49.7 Å². The molecule has 63 heavy (non-hydrogen) atoms. The molecule has 5 aromatic rings. The van der Waals surface area contributed by atoms with Gasteiger partial charge in [-0.05, 0) is 78.3 Å². The van der Waals surface area contributed by atoms with Gasteiger partial charge in [0.15, 0.2) is 29.3 Å². The van der Waals surface area contributed by atoms with Crippen LogP contribution in [0.4, 0.5) is 22.0 Å². The van der Waals surface area contributed by atoms with Crippen LogP contribution in [0, 0.1) is 11.6 Å². The first-order valence-corrected chi connectivity index (χ1v) is 19.8. The summed E-state index contributed by atoms with van der Waals surface area (Å²) < 4.78 is 77.6. The van der Waals surface area contributed by atoms with E-state index in [2.05, 4.69) is 9.64 Å². The quantitative estimate of drug-likeness (QED) is 0.0901. The van der Waals surface area contributed by atoms with Gasteiger partial charge in [0.1, 0.15) is 12.3 Å². The Labute approximate surface area is 358 Å². The van der Waals surface area contributed by atoms with Gasteiger partial charge in [0.05, 0.1) is 12.1 Å². The van der Waals surface area contributed by atoms with Crippen molar-refractivity contribution in [3.8, 4) is 16.9 Å². The Bertz CT molecular complexity index is 2390. The third-order valence-corrected chi connectivity index (χ3v) is 10.5. The van der Waals surface area contributed by atoms with Crippen molar-refractivity contribution >= 4 is 28.7 Å². The second-order valence-corrected chi connectivity index (χ2v) is 14.7. The number of carboxylic acid groups (broad SMARTS) is 2. The van der Waals surface area contributed by atoms with Crippen LogP contribution in [0.1, 0.15) is 29.7 Å². The largest absolute Gasteiger partial charge is 0.573 e. The van der Waals surface area contributed by atoms with Crippen LogP contribution in [-0.4, -0.2) is 111 Å². The maximum atomic E-state index is 14.6. The van der Waals surface area contributed by atoms with Crippen molar-refractivity contribution < 1.29 is 66.2 Å². The highest BCUT2D eigenvalue weighted by molar-refractivity contribution is 5.84. The normalized spacial score (nSPS) is 14.3. The number of methoxy groups -OCH3 is 1. The first kappa shape index (κ1) is 47.8. The standard InChI is InChI=1S/C41H40F5N3O4.C4H6O6/c1-52-24-23-47-21-19-32(20-22-47)49(26-28-9-11-29(12-10-28)30-14-17-34(18-15-30)53-41(44,45)46)39(51)27-48-33(16-13-31-5-4-7-36(42)40(31)43)25-38(50)35-6-2-3-8-37(35)48;5-1(3(7)8)2(6)4(9)10/h2-12,14-15,17-18,25,32H,13,16,19-24,26-27H2,1H3;1-2,5-6H,(H,7,8)(H,9,10)/t;1-,2-/m.1/s1. The molecule has 1 aliphatic rings. The number of nitrogens with zero attached hydrogens (tertiary/aromatic N) is 3. The summed E-state index contributed by atoms with van der Waals surface area (Å²) in [7, 11) is 1.67. The molecule has 2 heterocycles. The number of carbonyl (C=O) groups is 3. The highest BCUT2D eigenvalue weighted by atomic mass is 19.4. The Morgan fingerprint density at radius 2 is 1.43 bits per heavy atom. The molecule has 0 radical (unpaired) electrons. The van der Waals surface area contributed by atoms with E-state index in [0.29, 0.717) is 35.3 Å². The number of likely N-dealkylation sites (tertiary alicyclic amines) is 1. The molecule has 0 saturated carbocycles. The van der Waals surface area contributed by atoms with Crippen molar-refractivity contribution in [2.45, 2.75) is 63.4 Å². The molecule has 1 aromatic heterocycles. The van der Waals surface area contributed by atoms with Crippen molar-refractivity contribution in [3.05, 3.63) is 136 Å². The number of alkyl halides is 3. The molecule has 0 bridgehead atoms. The molecule has 6 rings (SSSR count). The lowest BCUT2D eigenvalue weighted by molar-refractivity contribution is -0.274. The van der Waals surface area contributed by atoms with E-state index in [-0.39, 0.29) is 48.1 Å². The summed E-state index contributed by atoms with van der Waals surface area (Å²) >= 11 is 0. The van der Waals surface area contributed by atoms with Crippen LogP contribution in [0.2, 0.25) is 0 Å². The Morgan fingerprint density at radius 3 is 2.02 bits per heavy atom. The van der Waals surface area contributed by atoms with Crippen molar-refractivity contribution in [3.63, 3.8) is 0 Å². The third-order valence-electron chi connectivity index (χ3n) is 10.5. The number of benzene rings is 4. The van der Waals surface area contributed by atoms with Gasteiger partial charge in [-0.1, -0.05) is 60.7 Å². The molecule has 1 aliphatic heterocycles. The molecule has 1 saturated heterocycles. The average molecular weight is 884 g/mol. The van der Waals surface area contributed by atoms with Crippen molar-refractivity contribution in [1.29, 1.82) is 0 Å². The van der Waals surface area contributed by atoms with Crippen LogP contribution in [0.15, 0.2) is 102 Å². The summed E-state index contributed by atoms with van der Waals surface area (Å²) in [6.45, 7) is 3.21. The summed E-state index contributed by atoms with van der Waals surface area (Å²) in [6, 6.07) is 25.6. The maximum absolute atomic E-state index is 14.6. The summed E-state index contributed by atoms with van der Waals surface area (Å²) in [5.41, 5.74) is 3.44. The molecule has 0 spiro atoms. The van der Waals surface area contributed by atoms with Crippen LogP contribution < -0.4 is 10.2 Å². The minimum Gasteiger partial charge on any atom is -0.479 e. The molecule has 13 nitrogen and oxygen atoms in total. The fourth-order valence-electron chi connectivity index (χ4n) is 7.22. The number of aryl methyl sites for hydroxylation is 2. The lowest BCUT2D eigenvalue weighted by Gasteiger charge is -2.39. The summed E-state index contributed by atoms with van der Waals surface area (Å²) in [5, 5.41) is 33.0. The number of carboxylic acids is 2. The first-order valence-electron chi connectivity index (χ1n) is 19.8. The van der Waals surface area contributed by atoms with Crippen molar-refractivity contribution in [1.82, 2.24) is 14.4 Å². The zero-order valence-electron chi connectivity index (χ0n) is 34.0. The number of piperidine rings is 1. The molecular formula is C45H46F5N3O10. The Morgan fingerprint density at radius 1 is 0.825 bits per heavy atom. The minimum absolute atomic E-state index is 0.0716. The number of ether oxygens (including phenoxy) is 2. The van der Waals surface area contributed by atoms with Gasteiger partial charge in [0.25, 0.3) is 0 Å². The first-order chi connectivity index (χ1) is 29.9. The number of carbonyl (C=O) groups excluding carboxylic acids is 1. The zero-order chi connectivity index (χ0) is 45.8. The molecule has 18 heteroatoms. The number of fused-ring (bicyclic) bond motifs is 1. The number of aromatic nitrogens is 1. The highest BCUT2D eigenvalue weighted by Gasteiger charge is 2.32. The number of aliphatic hydroxyl groups is 2. The molecule has 1 fully saturated rings. The Kier molecular flexibility index (Phi) is 16.5. The van der Waals surface area contributed by atoms with Gasteiger partial charge in [-0.15, -0.1) is 13.2 Å². The predicted octanol–water partition coefficient (Wildman–Crippen LogP) is 5.65. The van der Waals surface area contributed by atoms with Crippen LogP contribution in [0.5, 0.6) is 5.75 Å². The summed E-state index contributed by atoms with van der Waals surface area (Å²) in [5.74, 6) is -5.87. The van der Waals surface area contributed by atoms with Gasteiger partial charge in [-0.3, -0.25) is 9.59 Å². The third kappa shape index (κ3) is 13.2. The van der Waals surface area contributed by atoms with Gasteiger partial charge < -0.3 is 44.3 Å². The van der Waals surface area contributed by atoms with Crippen molar-refractivity contribution in [2.24, 2.45) is 0 Å². The van der Waals surface area contributed by atoms with Crippen LogP contribution in [0.3, 0.4) is 0 Å². The van der Waals surface area contributed by atoms with E-state index in [4.69, 9.17) is 25.2 Å². The van der Waals surface area contributed by atoms with Gasteiger partial charge in [0.2, 0.25) is 5.91 Å². The maximum Gasteiger partial charge on any atom is 0.573 e. The van der Waals surface area contributed by atoms with Crippen molar-refractivity contribution in [2.75, 3.05) is 33.4 Å². The fourth-order valence-corrected chi connectivity index (χ4v) is 7.22. The number of amides is 1. The van der Waals surface area contributed by atoms with E-state index in [1.807, 2.05) is 33.7 Å². The van der Waals surface area contributed by atoms with Crippen LogP contribution in [-0.2, 0) is 45.1 Å². The molecule has 1 amide bonds. The number of hydrogen-bond donors (Lipinski definition) is 4. The van der Waals surface area contributed by atoms with Gasteiger partial charge in [0, 0.05) is 56.5 Å². The SMILES string of the molecule is COCCN1CCC(N(Cc2ccc(-c3ccc(OC(F)(F)F)cc3)cc2)C(=O)Cn2c(CCc3cccc(F)c3F)cc(=O)c3ccccc32)CC1.O=C(O)[C@H](O)[C@@H](O)C(=O)O. The topological polar surface area (TPSA) is 179 Å². The monoisotopic (exact) mass is 883 g/mol. The summed E-state index contributed by atoms with van der Waals surface area (Å²) in [6.07, 6.45) is -7.48. The molecule has 4 N–H and O–H groups in total. The summed E-state index contributed by atoms with van der Waals surface area (Å²) in [4.78, 5) is 51.5. The van der Waals surface area contributed by atoms with E-state index in [9.17, 15) is 41.1 Å². The molecule has 336 valence electrons. The van der Waals surface area contributed by atoms with Gasteiger partial charge in [-0.2, -0.15) is 0 Å². The molecule has 2 atom stereocenters. The molecule has 0 aliphatic carbocycles. The number of para-hydroxylation sites is 1. The molecule has 4 aromatic carbocycles. The number of halogens is 5. The predicted molar refractivity (Wildman–Crippen MR) is 220 cm³/mol. The van der Waals surface area contributed by atoms with Gasteiger partial charge >= 0.3 is 18.3 Å².